The van der Waals surface area contributed by atoms with Crippen LogP contribution < -0.4 is 10.6 Å². The van der Waals surface area contributed by atoms with Crippen LogP contribution in [0.3, 0.4) is 0 Å². The second kappa shape index (κ2) is 4.79. The molecule has 0 aromatic carbocycles. The van der Waals surface area contributed by atoms with E-state index >= 15 is 0 Å². The summed E-state index contributed by atoms with van der Waals surface area (Å²) in [5.41, 5.74) is 6.27. The van der Waals surface area contributed by atoms with Gasteiger partial charge in [0.1, 0.15) is 0 Å². The van der Waals surface area contributed by atoms with Gasteiger partial charge in [-0.1, -0.05) is 0 Å². The van der Waals surface area contributed by atoms with Gasteiger partial charge in [0.15, 0.2) is 5.13 Å². The summed E-state index contributed by atoms with van der Waals surface area (Å²) in [5.74, 6) is 0.828. The van der Waals surface area contributed by atoms with Crippen LogP contribution in [0.4, 0.5) is 5.13 Å². The largest absolute Gasteiger partial charge is 0.346 e. The van der Waals surface area contributed by atoms with E-state index in [0.29, 0.717) is 0 Å². The highest BCUT2D eigenvalue weighted by atomic mass is 32.1. The monoisotopic (exact) mass is 266 g/mol. The van der Waals surface area contributed by atoms with Gasteiger partial charge in [0.05, 0.1) is 0 Å². The molecule has 1 atom stereocenters. The number of thiazole rings is 1. The lowest BCUT2D eigenvalue weighted by Gasteiger charge is -2.46. The quantitative estimate of drug-likeness (QED) is 0.894. The van der Waals surface area contributed by atoms with E-state index < -0.39 is 0 Å². The SMILES string of the molecule is CC(CN)(C1CC1)N1CCN(c2nccs2)CC1. The van der Waals surface area contributed by atoms with Crippen molar-refractivity contribution in [1.29, 1.82) is 0 Å². The average Bonchev–Trinajstić information content (AvgIpc) is 3.14. The standard InChI is InChI=1S/C13H22N4S/c1-13(10-14,11-2-3-11)17-7-5-16(6-8-17)12-15-4-9-18-12/h4,9,11H,2-3,5-8,10,14H2,1H3. The highest BCUT2D eigenvalue weighted by molar-refractivity contribution is 7.13. The van der Waals surface area contributed by atoms with Crippen LogP contribution in [-0.4, -0.2) is 48.1 Å². The molecule has 2 aliphatic rings. The third-order valence-electron chi connectivity index (χ3n) is 4.56. The van der Waals surface area contributed by atoms with Crippen LogP contribution in [-0.2, 0) is 0 Å². The minimum Gasteiger partial charge on any atom is -0.346 e. The molecule has 2 N–H and O–H groups in total. The molecule has 1 saturated carbocycles. The number of aromatic nitrogens is 1. The Balaban J connectivity index is 1.62. The smallest absolute Gasteiger partial charge is 0.185 e. The maximum absolute atomic E-state index is 6.04. The maximum Gasteiger partial charge on any atom is 0.185 e. The van der Waals surface area contributed by atoms with E-state index in [-0.39, 0.29) is 5.54 Å². The number of piperazine rings is 1. The van der Waals surface area contributed by atoms with Gasteiger partial charge in [0, 0.05) is 49.8 Å². The molecule has 18 heavy (non-hydrogen) atoms. The number of hydrogen-bond acceptors (Lipinski definition) is 5. The van der Waals surface area contributed by atoms with Crippen molar-refractivity contribution in [3.63, 3.8) is 0 Å². The lowest BCUT2D eigenvalue weighted by molar-refractivity contribution is 0.0826. The fraction of sp³-hybridized carbons (Fsp3) is 0.769. The Morgan fingerprint density at radius 3 is 2.61 bits per heavy atom. The Labute approximate surface area is 113 Å². The molecule has 1 aliphatic heterocycles. The van der Waals surface area contributed by atoms with Crippen LogP contribution in [0.2, 0.25) is 0 Å². The Bertz CT molecular complexity index is 382. The van der Waals surface area contributed by atoms with Crippen molar-refractivity contribution in [3.8, 4) is 0 Å². The summed E-state index contributed by atoms with van der Waals surface area (Å²) in [4.78, 5) is 9.40. The molecule has 1 aromatic rings. The third kappa shape index (κ3) is 2.15. The summed E-state index contributed by atoms with van der Waals surface area (Å²) >= 11 is 1.73. The van der Waals surface area contributed by atoms with Crippen molar-refractivity contribution < 1.29 is 0 Å². The molecule has 2 fully saturated rings. The van der Waals surface area contributed by atoms with Gasteiger partial charge >= 0.3 is 0 Å². The molecule has 0 amide bonds. The van der Waals surface area contributed by atoms with E-state index in [0.717, 1.165) is 43.8 Å². The predicted octanol–water partition coefficient (Wildman–Crippen LogP) is 1.39. The van der Waals surface area contributed by atoms with Crippen molar-refractivity contribution in [3.05, 3.63) is 11.6 Å². The normalized spacial score (nSPS) is 25.1. The van der Waals surface area contributed by atoms with Gasteiger partial charge in [-0.3, -0.25) is 4.90 Å². The molecule has 0 bridgehead atoms. The van der Waals surface area contributed by atoms with Gasteiger partial charge in [-0.2, -0.15) is 0 Å². The van der Waals surface area contributed by atoms with Gasteiger partial charge in [0.2, 0.25) is 0 Å². The van der Waals surface area contributed by atoms with E-state index in [1.807, 2.05) is 6.20 Å². The first kappa shape index (κ1) is 12.4. The predicted molar refractivity (Wildman–Crippen MR) is 76.1 cm³/mol. The van der Waals surface area contributed by atoms with Crippen molar-refractivity contribution in [2.75, 3.05) is 37.6 Å². The number of nitrogens with zero attached hydrogens (tertiary/aromatic N) is 3. The molecule has 100 valence electrons. The van der Waals surface area contributed by atoms with Gasteiger partial charge in [0.25, 0.3) is 0 Å². The second-order valence-electron chi connectivity index (χ2n) is 5.62. The highest BCUT2D eigenvalue weighted by Crippen LogP contribution is 2.42. The molecule has 3 rings (SSSR count). The molecule has 1 unspecified atom stereocenters. The lowest BCUT2D eigenvalue weighted by Crippen LogP contribution is -2.60. The van der Waals surface area contributed by atoms with Crippen molar-refractivity contribution in [1.82, 2.24) is 9.88 Å². The van der Waals surface area contributed by atoms with Gasteiger partial charge in [-0.15, -0.1) is 11.3 Å². The zero-order valence-electron chi connectivity index (χ0n) is 11.0. The Hall–Kier alpha value is -0.650. The minimum atomic E-state index is 0.231. The summed E-state index contributed by atoms with van der Waals surface area (Å²) in [6.45, 7) is 7.53. The van der Waals surface area contributed by atoms with Crippen LogP contribution in [0.1, 0.15) is 19.8 Å². The molecule has 1 aromatic heterocycles. The molecule has 4 nitrogen and oxygen atoms in total. The summed E-state index contributed by atoms with van der Waals surface area (Å²) in [7, 11) is 0. The molecule has 2 heterocycles. The van der Waals surface area contributed by atoms with Crippen molar-refractivity contribution >= 4 is 16.5 Å². The molecule has 1 saturated heterocycles. The zero-order valence-corrected chi connectivity index (χ0v) is 11.8. The van der Waals surface area contributed by atoms with Gasteiger partial charge in [-0.25, -0.2) is 4.98 Å². The molecule has 5 heteroatoms. The van der Waals surface area contributed by atoms with Crippen LogP contribution >= 0.6 is 11.3 Å². The first-order valence-electron chi connectivity index (χ1n) is 6.83. The zero-order chi connectivity index (χ0) is 12.6. The second-order valence-corrected chi connectivity index (χ2v) is 6.50. The van der Waals surface area contributed by atoms with Crippen LogP contribution in [0, 0.1) is 5.92 Å². The van der Waals surface area contributed by atoms with E-state index in [4.69, 9.17) is 5.73 Å². The summed E-state index contributed by atoms with van der Waals surface area (Å²) in [6.07, 6.45) is 4.61. The number of hydrogen-bond donors (Lipinski definition) is 1. The van der Waals surface area contributed by atoms with Crippen molar-refractivity contribution in [2.24, 2.45) is 11.7 Å². The molecular weight excluding hydrogens is 244 g/mol. The van der Waals surface area contributed by atoms with E-state index in [9.17, 15) is 0 Å². The van der Waals surface area contributed by atoms with Gasteiger partial charge in [-0.05, 0) is 25.7 Å². The number of nitrogens with two attached hydrogens (primary N) is 1. The average molecular weight is 266 g/mol. The molecule has 0 radical (unpaired) electrons. The van der Waals surface area contributed by atoms with Crippen LogP contribution in [0.15, 0.2) is 11.6 Å². The lowest BCUT2D eigenvalue weighted by atomic mass is 9.92. The molecular formula is C13H22N4S. The van der Waals surface area contributed by atoms with E-state index in [1.54, 1.807) is 11.3 Å². The van der Waals surface area contributed by atoms with Crippen molar-refractivity contribution in [2.45, 2.75) is 25.3 Å². The fourth-order valence-electron chi connectivity index (χ4n) is 3.04. The number of rotatable bonds is 4. The first-order chi connectivity index (χ1) is 8.74. The molecule has 1 aliphatic carbocycles. The van der Waals surface area contributed by atoms with E-state index in [1.165, 1.54) is 12.8 Å². The third-order valence-corrected chi connectivity index (χ3v) is 5.39. The summed E-state index contributed by atoms with van der Waals surface area (Å²) in [6, 6.07) is 0. The maximum atomic E-state index is 6.04. The fourth-order valence-corrected chi connectivity index (χ4v) is 3.74. The summed E-state index contributed by atoms with van der Waals surface area (Å²) < 4.78 is 0. The van der Waals surface area contributed by atoms with Gasteiger partial charge < -0.3 is 10.6 Å². The van der Waals surface area contributed by atoms with Crippen LogP contribution in [0.5, 0.6) is 0 Å². The molecule has 0 spiro atoms. The highest BCUT2D eigenvalue weighted by Gasteiger charge is 2.45. The van der Waals surface area contributed by atoms with Crippen LogP contribution in [0.25, 0.3) is 0 Å². The minimum absolute atomic E-state index is 0.231. The number of anilines is 1. The summed E-state index contributed by atoms with van der Waals surface area (Å²) in [5, 5.41) is 3.21. The Morgan fingerprint density at radius 1 is 1.39 bits per heavy atom. The van der Waals surface area contributed by atoms with E-state index in [2.05, 4.69) is 27.1 Å². The Kier molecular flexibility index (Phi) is 3.30. The topological polar surface area (TPSA) is 45.4 Å². The first-order valence-corrected chi connectivity index (χ1v) is 7.71. The Morgan fingerprint density at radius 2 is 2.11 bits per heavy atom.